The second kappa shape index (κ2) is 20.7. The third-order valence-corrected chi connectivity index (χ3v) is 6.21. The molecular weight excluding hydrogens is 536 g/mol. The van der Waals surface area contributed by atoms with E-state index in [0.29, 0.717) is 19.5 Å². The van der Waals surface area contributed by atoms with Crippen LogP contribution in [-0.2, 0) is 25.6 Å². The number of amides is 4. The normalized spacial score (nSPS) is 14.7. The van der Waals surface area contributed by atoms with Gasteiger partial charge in [-0.1, -0.05) is 30.3 Å². The van der Waals surface area contributed by atoms with E-state index in [1.54, 1.807) is 7.05 Å². The Morgan fingerprint density at radius 1 is 0.829 bits per heavy atom. The molecular formula is C27H46N6O8. The van der Waals surface area contributed by atoms with E-state index in [9.17, 15) is 34.5 Å². The molecule has 0 saturated carbocycles. The Morgan fingerprint density at radius 3 is 2.17 bits per heavy atom. The van der Waals surface area contributed by atoms with E-state index in [4.69, 9.17) is 5.11 Å². The summed E-state index contributed by atoms with van der Waals surface area (Å²) in [4.78, 5) is 49.1. The molecule has 0 aliphatic heterocycles. The zero-order valence-corrected chi connectivity index (χ0v) is 23.8. The predicted molar refractivity (Wildman–Crippen MR) is 151 cm³/mol. The van der Waals surface area contributed by atoms with Gasteiger partial charge in [-0.2, -0.15) is 0 Å². The maximum absolute atomic E-state index is 12.6. The number of benzene rings is 1. The molecule has 0 radical (unpaired) electrons. The van der Waals surface area contributed by atoms with Crippen molar-refractivity contribution >= 4 is 23.6 Å². The minimum absolute atomic E-state index is 0.0798. The molecule has 14 heteroatoms. The number of carbonyl (C=O) groups excluding carboxylic acids is 4. The van der Waals surface area contributed by atoms with E-state index in [2.05, 4.69) is 31.9 Å². The fraction of sp³-hybridized carbons (Fsp3) is 0.630. The number of hydrogen-bond acceptors (Lipinski definition) is 10. The van der Waals surface area contributed by atoms with Crippen molar-refractivity contribution in [3.63, 3.8) is 0 Å². The van der Waals surface area contributed by atoms with Crippen LogP contribution >= 0.6 is 0 Å². The molecule has 0 saturated heterocycles. The molecule has 0 aliphatic carbocycles. The van der Waals surface area contributed by atoms with E-state index >= 15 is 0 Å². The molecule has 0 aliphatic rings. The molecule has 5 atom stereocenters. The molecule has 0 heterocycles. The molecule has 41 heavy (non-hydrogen) atoms. The first kappa shape index (κ1) is 35.9. The zero-order valence-electron chi connectivity index (χ0n) is 23.8. The molecule has 1 aromatic carbocycles. The molecule has 14 nitrogen and oxygen atoms in total. The summed E-state index contributed by atoms with van der Waals surface area (Å²) < 4.78 is 0. The monoisotopic (exact) mass is 582 g/mol. The molecule has 0 spiro atoms. The van der Waals surface area contributed by atoms with Crippen LogP contribution in [0.3, 0.4) is 0 Å². The average molecular weight is 583 g/mol. The maximum Gasteiger partial charge on any atom is 0.239 e. The molecule has 0 fully saturated rings. The Morgan fingerprint density at radius 2 is 1.54 bits per heavy atom. The number of carbonyl (C=O) groups is 4. The Labute approximate surface area is 240 Å². The van der Waals surface area contributed by atoms with Crippen LogP contribution in [0.2, 0.25) is 0 Å². The zero-order chi connectivity index (χ0) is 30.6. The predicted octanol–water partition coefficient (Wildman–Crippen LogP) is -3.49. The van der Waals surface area contributed by atoms with E-state index in [1.165, 1.54) is 0 Å². The van der Waals surface area contributed by atoms with Gasteiger partial charge < -0.3 is 52.3 Å². The second-order valence-corrected chi connectivity index (χ2v) is 9.58. The third kappa shape index (κ3) is 15.4. The minimum Gasteiger partial charge on any atom is -0.396 e. The van der Waals surface area contributed by atoms with Crippen molar-refractivity contribution in [3.05, 3.63) is 35.9 Å². The van der Waals surface area contributed by atoms with Gasteiger partial charge in [0.05, 0.1) is 31.3 Å². The third-order valence-electron chi connectivity index (χ3n) is 6.21. The Kier molecular flexibility index (Phi) is 18.1. The lowest BCUT2D eigenvalue weighted by atomic mass is 10.1. The first-order chi connectivity index (χ1) is 19.6. The first-order valence-corrected chi connectivity index (χ1v) is 13.8. The minimum atomic E-state index is -1.53. The van der Waals surface area contributed by atoms with Crippen molar-refractivity contribution in [1.29, 1.82) is 0 Å². The van der Waals surface area contributed by atoms with Gasteiger partial charge >= 0.3 is 0 Å². The molecule has 232 valence electrons. The van der Waals surface area contributed by atoms with Crippen LogP contribution < -0.4 is 31.9 Å². The molecule has 0 unspecified atom stereocenters. The topological polar surface area (TPSA) is 221 Å². The maximum atomic E-state index is 12.6. The van der Waals surface area contributed by atoms with Gasteiger partial charge in [0.15, 0.2) is 0 Å². The van der Waals surface area contributed by atoms with Crippen LogP contribution in [0, 0.1) is 0 Å². The van der Waals surface area contributed by atoms with Gasteiger partial charge in [-0.3, -0.25) is 19.2 Å². The van der Waals surface area contributed by atoms with Crippen molar-refractivity contribution < 1.29 is 39.6 Å². The highest BCUT2D eigenvalue weighted by atomic mass is 16.4. The fourth-order valence-electron chi connectivity index (χ4n) is 3.93. The summed E-state index contributed by atoms with van der Waals surface area (Å²) in [6.07, 6.45) is -3.89. The number of aliphatic hydroxyl groups is 4. The quantitative estimate of drug-likeness (QED) is 0.0689. The highest BCUT2D eigenvalue weighted by Crippen LogP contribution is 2.05. The van der Waals surface area contributed by atoms with Crippen LogP contribution in [0.25, 0.3) is 0 Å². The smallest absolute Gasteiger partial charge is 0.239 e. The van der Waals surface area contributed by atoms with Crippen molar-refractivity contribution in [3.8, 4) is 0 Å². The number of likely N-dealkylation sites (N-methyl/N-ethyl adjacent to an activating group) is 2. The summed E-state index contributed by atoms with van der Waals surface area (Å²) in [5, 5.41) is 54.5. The van der Waals surface area contributed by atoms with Crippen molar-refractivity contribution in [2.24, 2.45) is 0 Å². The highest BCUT2D eigenvalue weighted by molar-refractivity contribution is 5.88. The van der Waals surface area contributed by atoms with Crippen molar-refractivity contribution in [2.75, 3.05) is 46.4 Å². The van der Waals surface area contributed by atoms with Crippen LogP contribution in [-0.4, -0.2) is 121 Å². The van der Waals surface area contributed by atoms with Gasteiger partial charge in [0.25, 0.3) is 0 Å². The van der Waals surface area contributed by atoms with Gasteiger partial charge in [0.2, 0.25) is 23.6 Å². The van der Waals surface area contributed by atoms with Crippen LogP contribution in [0.4, 0.5) is 0 Å². The van der Waals surface area contributed by atoms with Crippen LogP contribution in [0.15, 0.2) is 30.3 Å². The Bertz CT molecular complexity index is 922. The fourth-order valence-corrected chi connectivity index (χ4v) is 3.93. The molecule has 1 aromatic rings. The first-order valence-electron chi connectivity index (χ1n) is 13.8. The summed E-state index contributed by atoms with van der Waals surface area (Å²) in [7, 11) is 1.54. The van der Waals surface area contributed by atoms with Crippen LogP contribution in [0.1, 0.15) is 31.7 Å². The highest BCUT2D eigenvalue weighted by Gasteiger charge is 2.25. The summed E-state index contributed by atoms with van der Waals surface area (Å²) in [5.41, 5.74) is 0.999. The standard InChI is InChI=1S/C27H46N6O8/c1-3-30-24(38)16-29-14-19(13-18-7-5-4-6-8-18)33-25(39)17-32-27(41)20(28-2)9-10-23(37)31-15-22(36)26(40)21(35)11-12-34/h4-8,19-22,26,28-29,34-36,40H,3,9-17H2,1-2H3,(H,30,38)(H,31,37)(H,32,41)(H,33,39)/t19-,20-,21+,22-,26-/m0/s1. The van der Waals surface area contributed by atoms with E-state index in [0.717, 1.165) is 5.56 Å². The number of hydrogen-bond donors (Lipinski definition) is 10. The Balaban J connectivity index is 2.51. The lowest BCUT2D eigenvalue weighted by Gasteiger charge is -2.23. The molecule has 0 aromatic heterocycles. The summed E-state index contributed by atoms with van der Waals surface area (Å²) in [6.45, 7) is 1.82. The van der Waals surface area contributed by atoms with E-state index in [1.807, 2.05) is 37.3 Å². The summed E-state index contributed by atoms with van der Waals surface area (Å²) in [6, 6.07) is 8.44. The number of aliphatic hydroxyl groups excluding tert-OH is 4. The summed E-state index contributed by atoms with van der Waals surface area (Å²) in [5.74, 6) is -1.53. The molecule has 10 N–H and O–H groups in total. The van der Waals surface area contributed by atoms with Gasteiger partial charge in [0, 0.05) is 38.7 Å². The van der Waals surface area contributed by atoms with Gasteiger partial charge in [-0.25, -0.2) is 0 Å². The van der Waals surface area contributed by atoms with Crippen molar-refractivity contribution in [1.82, 2.24) is 31.9 Å². The Hall–Kier alpha value is -3.14. The van der Waals surface area contributed by atoms with Gasteiger partial charge in [0.1, 0.15) is 6.10 Å². The largest absolute Gasteiger partial charge is 0.396 e. The number of rotatable bonds is 21. The lowest BCUT2D eigenvalue weighted by Crippen LogP contribution is -2.50. The van der Waals surface area contributed by atoms with E-state index < -0.39 is 42.1 Å². The average Bonchev–Trinajstić information content (AvgIpc) is 2.95. The SMILES string of the molecule is CCNC(=O)CNC[C@H](Cc1ccccc1)NC(=O)CNC(=O)[C@H](CCC(=O)NC[C@H](O)[C@@H](O)[C@H](O)CCO)NC. The molecule has 1 rings (SSSR count). The van der Waals surface area contributed by atoms with E-state index in [-0.39, 0.29) is 57.5 Å². The molecule has 0 bridgehead atoms. The molecule has 4 amide bonds. The second-order valence-electron chi connectivity index (χ2n) is 9.58. The van der Waals surface area contributed by atoms with Crippen LogP contribution in [0.5, 0.6) is 0 Å². The summed E-state index contributed by atoms with van der Waals surface area (Å²) >= 11 is 0. The number of nitrogens with one attached hydrogen (secondary N) is 6. The van der Waals surface area contributed by atoms with Crippen molar-refractivity contribution in [2.45, 2.75) is 63.0 Å². The lowest BCUT2D eigenvalue weighted by molar-refractivity contribution is -0.128. The van der Waals surface area contributed by atoms with Gasteiger partial charge in [-0.15, -0.1) is 0 Å². The van der Waals surface area contributed by atoms with Gasteiger partial charge in [-0.05, 0) is 38.8 Å².